The Bertz CT molecular complexity index is 217. The van der Waals surface area contributed by atoms with E-state index in [4.69, 9.17) is 0 Å². The highest BCUT2D eigenvalue weighted by atomic mass is 15.0. The van der Waals surface area contributed by atoms with Crippen LogP contribution in [0.4, 0.5) is 0 Å². The maximum Gasteiger partial charge on any atom is 0.0252 e. The van der Waals surface area contributed by atoms with Gasteiger partial charge in [0, 0.05) is 12.1 Å². The minimum atomic E-state index is 0.579. The van der Waals surface area contributed by atoms with Gasteiger partial charge in [-0.05, 0) is 43.9 Å². The molecule has 0 aromatic heterocycles. The van der Waals surface area contributed by atoms with E-state index >= 15 is 0 Å². The van der Waals surface area contributed by atoms with Crippen LogP contribution in [0.25, 0.3) is 0 Å². The molecule has 80 valence electrons. The summed E-state index contributed by atoms with van der Waals surface area (Å²) in [5.41, 5.74) is 0.579. The summed E-state index contributed by atoms with van der Waals surface area (Å²) in [6, 6.07) is 1.44. The van der Waals surface area contributed by atoms with Gasteiger partial charge in [-0.2, -0.15) is 0 Å². The molecule has 0 saturated heterocycles. The SMILES string of the molecule is CC1(C)CCC(NC2C=CCCC2)C1. The zero-order chi connectivity index (χ0) is 10.0. The van der Waals surface area contributed by atoms with E-state index in [0.717, 1.165) is 6.04 Å². The zero-order valence-electron chi connectivity index (χ0n) is 9.55. The van der Waals surface area contributed by atoms with Crippen LogP contribution < -0.4 is 5.32 Å². The highest BCUT2D eigenvalue weighted by Crippen LogP contribution is 2.37. The van der Waals surface area contributed by atoms with Crippen molar-refractivity contribution in [2.45, 2.75) is 64.5 Å². The summed E-state index contributed by atoms with van der Waals surface area (Å²) in [5.74, 6) is 0. The van der Waals surface area contributed by atoms with Crippen LogP contribution in [0.2, 0.25) is 0 Å². The van der Waals surface area contributed by atoms with Gasteiger partial charge in [0.05, 0.1) is 0 Å². The topological polar surface area (TPSA) is 12.0 Å². The van der Waals surface area contributed by atoms with Crippen LogP contribution in [0.3, 0.4) is 0 Å². The van der Waals surface area contributed by atoms with Crippen molar-refractivity contribution >= 4 is 0 Å². The van der Waals surface area contributed by atoms with E-state index in [-0.39, 0.29) is 0 Å². The number of nitrogens with one attached hydrogen (secondary N) is 1. The lowest BCUT2D eigenvalue weighted by Gasteiger charge is -2.24. The highest BCUT2D eigenvalue weighted by Gasteiger charge is 2.31. The van der Waals surface area contributed by atoms with E-state index in [1.807, 2.05) is 0 Å². The standard InChI is InChI=1S/C13H23N/c1-13(2)9-8-12(10-13)14-11-6-4-3-5-7-11/h4,6,11-12,14H,3,5,7-10H2,1-2H3. The van der Waals surface area contributed by atoms with E-state index in [9.17, 15) is 0 Å². The van der Waals surface area contributed by atoms with E-state index < -0.39 is 0 Å². The minimum Gasteiger partial charge on any atom is -0.308 e. The van der Waals surface area contributed by atoms with Gasteiger partial charge in [-0.3, -0.25) is 0 Å². The van der Waals surface area contributed by atoms with Crippen molar-refractivity contribution in [1.82, 2.24) is 5.32 Å². The van der Waals surface area contributed by atoms with Gasteiger partial charge in [0.1, 0.15) is 0 Å². The van der Waals surface area contributed by atoms with Crippen LogP contribution in [0.15, 0.2) is 12.2 Å². The molecule has 0 spiro atoms. The zero-order valence-corrected chi connectivity index (χ0v) is 9.55. The largest absolute Gasteiger partial charge is 0.308 e. The lowest BCUT2D eigenvalue weighted by Crippen LogP contribution is -2.36. The molecule has 2 atom stereocenters. The van der Waals surface area contributed by atoms with Crippen LogP contribution in [0.5, 0.6) is 0 Å². The fourth-order valence-corrected chi connectivity index (χ4v) is 2.83. The van der Waals surface area contributed by atoms with Gasteiger partial charge in [-0.15, -0.1) is 0 Å². The Morgan fingerprint density at radius 2 is 2.14 bits per heavy atom. The van der Waals surface area contributed by atoms with Crippen molar-refractivity contribution in [3.8, 4) is 0 Å². The first-order chi connectivity index (χ1) is 6.66. The normalized spacial score (nSPS) is 36.1. The molecule has 1 nitrogen and oxygen atoms in total. The van der Waals surface area contributed by atoms with Gasteiger partial charge in [0.2, 0.25) is 0 Å². The molecule has 0 aromatic rings. The van der Waals surface area contributed by atoms with Crippen LogP contribution in [-0.2, 0) is 0 Å². The second-order valence-electron chi connectivity index (χ2n) is 5.74. The van der Waals surface area contributed by atoms with Crippen LogP contribution in [0, 0.1) is 5.41 Å². The molecule has 0 bridgehead atoms. The third-order valence-electron chi connectivity index (χ3n) is 3.67. The Morgan fingerprint density at radius 1 is 1.29 bits per heavy atom. The average molecular weight is 193 g/mol. The third-order valence-corrected chi connectivity index (χ3v) is 3.67. The Kier molecular flexibility index (Phi) is 2.96. The lowest BCUT2D eigenvalue weighted by molar-refractivity contribution is 0.355. The molecule has 1 fully saturated rings. The Hall–Kier alpha value is -0.300. The van der Waals surface area contributed by atoms with Crippen molar-refractivity contribution in [2.24, 2.45) is 5.41 Å². The molecule has 14 heavy (non-hydrogen) atoms. The first-order valence-electron chi connectivity index (χ1n) is 6.08. The van der Waals surface area contributed by atoms with E-state index in [1.165, 1.54) is 38.5 Å². The fourth-order valence-electron chi connectivity index (χ4n) is 2.83. The monoisotopic (exact) mass is 193 g/mol. The molecule has 0 aliphatic heterocycles. The van der Waals surface area contributed by atoms with Crippen LogP contribution in [-0.4, -0.2) is 12.1 Å². The summed E-state index contributed by atoms with van der Waals surface area (Å²) in [6.07, 6.45) is 12.8. The summed E-state index contributed by atoms with van der Waals surface area (Å²) < 4.78 is 0. The third kappa shape index (κ3) is 2.60. The Morgan fingerprint density at radius 3 is 2.71 bits per heavy atom. The summed E-state index contributed by atoms with van der Waals surface area (Å²) in [5, 5.41) is 3.79. The van der Waals surface area contributed by atoms with Gasteiger partial charge >= 0.3 is 0 Å². The predicted octanol–water partition coefficient (Wildman–Crippen LogP) is 3.26. The first-order valence-corrected chi connectivity index (χ1v) is 6.08. The molecule has 2 rings (SSSR count). The van der Waals surface area contributed by atoms with E-state index in [0.29, 0.717) is 11.5 Å². The molecule has 1 N–H and O–H groups in total. The van der Waals surface area contributed by atoms with E-state index in [2.05, 4.69) is 31.3 Å². The second-order valence-corrected chi connectivity index (χ2v) is 5.74. The summed E-state index contributed by atoms with van der Waals surface area (Å²) in [7, 11) is 0. The summed E-state index contributed by atoms with van der Waals surface area (Å²) in [6.45, 7) is 4.79. The molecular weight excluding hydrogens is 170 g/mol. The smallest absolute Gasteiger partial charge is 0.0252 e. The van der Waals surface area contributed by atoms with Crippen molar-refractivity contribution in [3.05, 3.63) is 12.2 Å². The molecule has 0 heterocycles. The quantitative estimate of drug-likeness (QED) is 0.664. The molecule has 2 aliphatic rings. The van der Waals surface area contributed by atoms with Gasteiger partial charge in [-0.25, -0.2) is 0 Å². The molecular formula is C13H23N. The maximum atomic E-state index is 3.79. The second kappa shape index (κ2) is 4.06. The van der Waals surface area contributed by atoms with Crippen molar-refractivity contribution in [1.29, 1.82) is 0 Å². The number of hydrogen-bond donors (Lipinski definition) is 1. The molecule has 1 heteroatoms. The maximum absolute atomic E-state index is 3.79. The molecule has 0 radical (unpaired) electrons. The summed E-state index contributed by atoms with van der Waals surface area (Å²) >= 11 is 0. The molecule has 0 aromatic carbocycles. The minimum absolute atomic E-state index is 0.579. The van der Waals surface area contributed by atoms with Crippen molar-refractivity contribution < 1.29 is 0 Å². The number of rotatable bonds is 2. The van der Waals surface area contributed by atoms with Gasteiger partial charge in [0.15, 0.2) is 0 Å². The van der Waals surface area contributed by atoms with Crippen molar-refractivity contribution in [3.63, 3.8) is 0 Å². The molecule has 1 saturated carbocycles. The first kappa shape index (κ1) is 10.2. The number of allylic oxidation sites excluding steroid dienone is 1. The van der Waals surface area contributed by atoms with E-state index in [1.54, 1.807) is 0 Å². The number of hydrogen-bond acceptors (Lipinski definition) is 1. The predicted molar refractivity (Wildman–Crippen MR) is 61.3 cm³/mol. The molecule has 2 unspecified atom stereocenters. The lowest BCUT2D eigenvalue weighted by atomic mass is 9.91. The highest BCUT2D eigenvalue weighted by molar-refractivity contribution is 5.00. The fraction of sp³-hybridized carbons (Fsp3) is 0.846. The Labute approximate surface area is 88.0 Å². The Balaban J connectivity index is 1.81. The van der Waals surface area contributed by atoms with Crippen molar-refractivity contribution in [2.75, 3.05) is 0 Å². The molecule has 0 amide bonds. The van der Waals surface area contributed by atoms with Gasteiger partial charge in [0.25, 0.3) is 0 Å². The molecule has 2 aliphatic carbocycles. The van der Waals surface area contributed by atoms with Crippen LogP contribution in [0.1, 0.15) is 52.4 Å². The van der Waals surface area contributed by atoms with Gasteiger partial charge < -0.3 is 5.32 Å². The van der Waals surface area contributed by atoms with Crippen LogP contribution >= 0.6 is 0 Å². The van der Waals surface area contributed by atoms with Gasteiger partial charge in [-0.1, -0.05) is 26.0 Å². The summed E-state index contributed by atoms with van der Waals surface area (Å²) in [4.78, 5) is 0. The average Bonchev–Trinajstić information content (AvgIpc) is 2.47.